The molecule has 1 aliphatic rings. The number of hydrogen-bond donors (Lipinski definition) is 2. The van der Waals surface area contributed by atoms with Gasteiger partial charge in [-0.2, -0.15) is 0 Å². The molecule has 1 aromatic heterocycles. The second kappa shape index (κ2) is 11.9. The van der Waals surface area contributed by atoms with Crippen LogP contribution in [0.3, 0.4) is 0 Å². The lowest BCUT2D eigenvalue weighted by Gasteiger charge is -2.36. The van der Waals surface area contributed by atoms with Gasteiger partial charge in [0.15, 0.2) is 11.5 Å². The summed E-state index contributed by atoms with van der Waals surface area (Å²) < 4.78 is 12.2. The van der Waals surface area contributed by atoms with E-state index in [4.69, 9.17) is 9.47 Å². The van der Waals surface area contributed by atoms with E-state index in [1.165, 1.54) is 53.7 Å². The van der Waals surface area contributed by atoms with Crippen molar-refractivity contribution in [2.45, 2.75) is 64.3 Å². The highest BCUT2D eigenvalue weighted by atomic mass is 32.1. The van der Waals surface area contributed by atoms with E-state index in [9.17, 15) is 4.79 Å². The van der Waals surface area contributed by atoms with Crippen molar-refractivity contribution in [3.05, 3.63) is 56.7 Å². The molecule has 2 N–H and O–H groups in total. The molecule has 1 atom stereocenters. The minimum absolute atomic E-state index is 0.00959. The van der Waals surface area contributed by atoms with Gasteiger partial charge in [-0.15, -0.1) is 0 Å². The highest BCUT2D eigenvalue weighted by Crippen LogP contribution is 2.38. The minimum Gasteiger partial charge on any atom is -0.493 e. The Bertz CT molecular complexity index is 1140. The third-order valence-corrected chi connectivity index (χ3v) is 7.68. The zero-order chi connectivity index (χ0) is 23.9. The number of unbranched alkanes of at least 4 members (excludes halogenated alkanes) is 3. The monoisotopic (exact) mass is 483 g/mol. The molecular formula is C27H37N3O3S. The van der Waals surface area contributed by atoms with Crippen molar-refractivity contribution in [1.82, 2.24) is 15.4 Å². The van der Waals surface area contributed by atoms with Gasteiger partial charge in [0.1, 0.15) is 0 Å². The van der Waals surface area contributed by atoms with Crippen LogP contribution in [0.15, 0.2) is 35.1 Å². The average Bonchev–Trinajstić information content (AvgIpc) is 3.23. The van der Waals surface area contributed by atoms with Crippen LogP contribution in [0.5, 0.6) is 11.5 Å². The number of rotatable bonds is 12. The molecule has 0 saturated heterocycles. The minimum atomic E-state index is 0.00959. The second-order valence-corrected chi connectivity index (χ2v) is 10.1. The largest absolute Gasteiger partial charge is 0.493 e. The maximum absolute atomic E-state index is 11.6. The molecule has 4 rings (SSSR count). The number of aromatic nitrogens is 1. The standard InChI is InChI=1S/C27H37N3O3S/c1-4-5-6-7-16-30(28-15-14-19-8-12-23-25(17-19)34-27(31)29-23)21-10-11-22-20(18-21)9-13-24(32-2)26(22)33-3/h8-9,12-13,17,21,28H,4-7,10-11,14-16,18H2,1-3H3,(H,29,31). The number of aromatic amines is 1. The van der Waals surface area contributed by atoms with E-state index in [1.54, 1.807) is 14.2 Å². The van der Waals surface area contributed by atoms with Crippen molar-refractivity contribution in [3.63, 3.8) is 0 Å². The maximum atomic E-state index is 11.6. The Morgan fingerprint density at radius 2 is 2.03 bits per heavy atom. The predicted octanol–water partition coefficient (Wildman–Crippen LogP) is 5.09. The van der Waals surface area contributed by atoms with Crippen molar-refractivity contribution in [2.24, 2.45) is 0 Å². The summed E-state index contributed by atoms with van der Waals surface area (Å²) in [6, 6.07) is 11.0. The van der Waals surface area contributed by atoms with Crippen LogP contribution in [0.2, 0.25) is 0 Å². The van der Waals surface area contributed by atoms with Crippen LogP contribution < -0.4 is 19.8 Å². The molecule has 0 fully saturated rings. The number of H-pyrrole nitrogens is 1. The van der Waals surface area contributed by atoms with Gasteiger partial charge >= 0.3 is 4.87 Å². The summed E-state index contributed by atoms with van der Waals surface area (Å²) in [5.41, 5.74) is 8.60. The highest BCUT2D eigenvalue weighted by molar-refractivity contribution is 7.16. The third kappa shape index (κ3) is 5.82. The SMILES string of the molecule is CCCCCCN(NCCc1ccc2[nH]c(=O)sc2c1)C1CCc2c(ccc(OC)c2OC)C1. The molecule has 7 heteroatoms. The van der Waals surface area contributed by atoms with Gasteiger partial charge in [0, 0.05) is 24.7 Å². The quantitative estimate of drug-likeness (QED) is 0.277. The first kappa shape index (κ1) is 24.8. The first-order chi connectivity index (χ1) is 16.6. The lowest BCUT2D eigenvalue weighted by Crippen LogP contribution is -2.49. The Morgan fingerprint density at radius 3 is 2.82 bits per heavy atom. The number of hydrazine groups is 1. The smallest absolute Gasteiger partial charge is 0.305 e. The summed E-state index contributed by atoms with van der Waals surface area (Å²) in [4.78, 5) is 14.5. The summed E-state index contributed by atoms with van der Waals surface area (Å²) >= 11 is 1.28. The van der Waals surface area contributed by atoms with Crippen molar-refractivity contribution in [3.8, 4) is 11.5 Å². The van der Waals surface area contributed by atoms with Crippen LogP contribution in [0.1, 0.15) is 55.7 Å². The molecule has 0 radical (unpaired) electrons. The number of fused-ring (bicyclic) bond motifs is 2. The van der Waals surface area contributed by atoms with Crippen molar-refractivity contribution >= 4 is 21.6 Å². The number of ether oxygens (including phenoxy) is 2. The topological polar surface area (TPSA) is 66.6 Å². The van der Waals surface area contributed by atoms with Crippen LogP contribution in [0.25, 0.3) is 10.2 Å². The van der Waals surface area contributed by atoms with Crippen LogP contribution in [-0.2, 0) is 19.3 Å². The van der Waals surface area contributed by atoms with Gasteiger partial charge in [0.2, 0.25) is 0 Å². The third-order valence-electron chi connectivity index (χ3n) is 6.84. The summed E-state index contributed by atoms with van der Waals surface area (Å²) in [7, 11) is 3.43. The Labute approximate surface area is 206 Å². The highest BCUT2D eigenvalue weighted by Gasteiger charge is 2.27. The van der Waals surface area contributed by atoms with Crippen LogP contribution >= 0.6 is 11.3 Å². The van der Waals surface area contributed by atoms with Crippen LogP contribution in [0.4, 0.5) is 0 Å². The molecule has 0 saturated carbocycles. The molecule has 1 aliphatic carbocycles. The molecule has 1 unspecified atom stereocenters. The molecule has 0 bridgehead atoms. The van der Waals surface area contributed by atoms with Gasteiger partial charge in [-0.25, -0.2) is 5.01 Å². The molecule has 0 spiro atoms. The van der Waals surface area contributed by atoms with Gasteiger partial charge in [0.25, 0.3) is 0 Å². The zero-order valence-corrected chi connectivity index (χ0v) is 21.4. The lowest BCUT2D eigenvalue weighted by molar-refractivity contribution is 0.109. The first-order valence-electron chi connectivity index (χ1n) is 12.5. The number of nitrogens with one attached hydrogen (secondary N) is 2. The summed E-state index contributed by atoms with van der Waals surface area (Å²) in [5.74, 6) is 1.71. The van der Waals surface area contributed by atoms with Crippen LogP contribution in [-0.4, -0.2) is 43.3 Å². The van der Waals surface area contributed by atoms with Gasteiger partial charge < -0.3 is 14.5 Å². The van der Waals surface area contributed by atoms with E-state index in [-0.39, 0.29) is 4.87 Å². The van der Waals surface area contributed by atoms with Crippen molar-refractivity contribution in [2.75, 3.05) is 27.3 Å². The van der Waals surface area contributed by atoms with Gasteiger partial charge in [-0.3, -0.25) is 10.2 Å². The summed E-state index contributed by atoms with van der Waals surface area (Å²) in [6.45, 7) is 4.20. The number of benzene rings is 2. The van der Waals surface area contributed by atoms with Gasteiger partial charge in [-0.05, 0) is 61.4 Å². The number of hydrogen-bond acceptors (Lipinski definition) is 6. The molecule has 0 amide bonds. The molecule has 34 heavy (non-hydrogen) atoms. The Kier molecular flexibility index (Phi) is 8.64. The van der Waals surface area contributed by atoms with E-state index in [2.05, 4.69) is 40.5 Å². The fraction of sp³-hybridized carbons (Fsp3) is 0.519. The van der Waals surface area contributed by atoms with Crippen molar-refractivity contribution in [1.29, 1.82) is 0 Å². The van der Waals surface area contributed by atoms with Crippen LogP contribution in [0, 0.1) is 0 Å². The summed E-state index contributed by atoms with van der Waals surface area (Å²) in [5, 5.41) is 2.49. The second-order valence-electron chi connectivity index (χ2n) is 9.09. The normalized spacial score (nSPS) is 15.6. The number of nitrogens with zero attached hydrogens (tertiary/aromatic N) is 1. The van der Waals surface area contributed by atoms with E-state index in [1.807, 2.05) is 12.1 Å². The fourth-order valence-corrected chi connectivity index (χ4v) is 5.82. The van der Waals surface area contributed by atoms with Crippen molar-refractivity contribution < 1.29 is 9.47 Å². The molecule has 3 aromatic rings. The lowest BCUT2D eigenvalue weighted by atomic mass is 9.87. The van der Waals surface area contributed by atoms with E-state index >= 15 is 0 Å². The maximum Gasteiger partial charge on any atom is 0.305 e. The number of methoxy groups -OCH3 is 2. The van der Waals surface area contributed by atoms with E-state index < -0.39 is 0 Å². The molecule has 0 aliphatic heterocycles. The average molecular weight is 484 g/mol. The Morgan fingerprint density at radius 1 is 1.15 bits per heavy atom. The predicted molar refractivity (Wildman–Crippen MR) is 140 cm³/mol. The summed E-state index contributed by atoms with van der Waals surface area (Å²) in [6.07, 6.45) is 9.06. The first-order valence-corrected chi connectivity index (χ1v) is 13.3. The van der Waals surface area contributed by atoms with Gasteiger partial charge in [-0.1, -0.05) is 49.7 Å². The molecule has 6 nitrogen and oxygen atoms in total. The molecular weight excluding hydrogens is 446 g/mol. The Balaban J connectivity index is 1.42. The molecule has 184 valence electrons. The van der Waals surface area contributed by atoms with E-state index in [0.717, 1.165) is 60.5 Å². The molecule has 2 aromatic carbocycles. The van der Waals surface area contributed by atoms with E-state index in [0.29, 0.717) is 6.04 Å². The fourth-order valence-electron chi connectivity index (χ4n) is 5.02. The zero-order valence-electron chi connectivity index (χ0n) is 20.6. The van der Waals surface area contributed by atoms with Gasteiger partial charge in [0.05, 0.1) is 24.4 Å². The number of thiazole rings is 1. The Hall–Kier alpha value is -2.35. The molecule has 1 heterocycles.